The first kappa shape index (κ1) is 16.1. The molecule has 0 bridgehead atoms. The highest BCUT2D eigenvalue weighted by Gasteiger charge is 2.40. The van der Waals surface area contributed by atoms with E-state index in [1.807, 2.05) is 30.3 Å². The number of thioether (sulfide) groups is 1. The Morgan fingerprint density at radius 3 is 2.46 bits per heavy atom. The number of para-hydroxylation sites is 1. The summed E-state index contributed by atoms with van der Waals surface area (Å²) >= 11 is 0.850. The molecular weight excluding hydrogens is 328 g/mol. The minimum Gasteiger partial charge on any atom is -0.478 e. The molecular formula is C17H14N2O4S. The van der Waals surface area contributed by atoms with Crippen LogP contribution in [-0.4, -0.2) is 32.5 Å². The van der Waals surface area contributed by atoms with Crippen molar-refractivity contribution >= 4 is 34.6 Å². The maximum Gasteiger partial charge on any atom is 0.337 e. The van der Waals surface area contributed by atoms with Crippen LogP contribution in [-0.2, 0) is 11.3 Å². The summed E-state index contributed by atoms with van der Waals surface area (Å²) < 4.78 is 0. The first-order valence-corrected chi connectivity index (χ1v) is 8.09. The van der Waals surface area contributed by atoms with Crippen molar-refractivity contribution in [1.29, 1.82) is 0 Å². The Bertz CT molecular complexity index is 794. The monoisotopic (exact) mass is 342 g/mol. The summed E-state index contributed by atoms with van der Waals surface area (Å²) in [7, 11) is 0. The number of carbonyl (C=O) groups is 3. The molecule has 1 heterocycles. The fraction of sp³-hybridized carbons (Fsp3) is 0.118. The molecule has 2 aromatic rings. The van der Waals surface area contributed by atoms with Crippen LogP contribution in [0.2, 0.25) is 0 Å². The van der Waals surface area contributed by atoms with Crippen LogP contribution in [0.15, 0.2) is 54.6 Å². The first-order chi connectivity index (χ1) is 11.6. The molecule has 24 heavy (non-hydrogen) atoms. The fourth-order valence-electron chi connectivity index (χ4n) is 2.38. The van der Waals surface area contributed by atoms with Gasteiger partial charge in [-0.1, -0.05) is 42.5 Å². The van der Waals surface area contributed by atoms with E-state index in [1.54, 1.807) is 18.2 Å². The molecule has 0 aliphatic carbocycles. The van der Waals surface area contributed by atoms with Crippen LogP contribution in [0.4, 0.5) is 10.5 Å². The molecule has 2 N–H and O–H groups in total. The molecule has 1 aliphatic rings. The van der Waals surface area contributed by atoms with Gasteiger partial charge in [-0.2, -0.15) is 0 Å². The number of anilines is 1. The molecule has 1 aliphatic heterocycles. The summed E-state index contributed by atoms with van der Waals surface area (Å²) in [6.45, 7) is 0.199. The molecule has 0 saturated carbocycles. The highest BCUT2D eigenvalue weighted by Crippen LogP contribution is 2.30. The zero-order valence-electron chi connectivity index (χ0n) is 12.5. The Hall–Kier alpha value is -2.80. The minimum atomic E-state index is -1.10. The molecule has 6 nitrogen and oxygen atoms in total. The SMILES string of the molecule is O=C(O)c1ccccc1N[C@H]1SC(=O)N(Cc2ccccc2)C1=O. The number of carbonyl (C=O) groups excluding carboxylic acids is 2. The number of amides is 2. The lowest BCUT2D eigenvalue weighted by atomic mass is 10.2. The lowest BCUT2D eigenvalue weighted by molar-refractivity contribution is -0.126. The van der Waals surface area contributed by atoms with Crippen molar-refractivity contribution in [1.82, 2.24) is 4.90 Å². The second-order valence-corrected chi connectivity index (χ2v) is 6.23. The van der Waals surface area contributed by atoms with Crippen molar-refractivity contribution < 1.29 is 19.5 Å². The molecule has 0 unspecified atom stereocenters. The second-order valence-electron chi connectivity index (χ2n) is 5.17. The molecule has 1 saturated heterocycles. The average molecular weight is 342 g/mol. The Morgan fingerprint density at radius 1 is 1.08 bits per heavy atom. The van der Waals surface area contributed by atoms with Crippen LogP contribution in [0.5, 0.6) is 0 Å². The highest BCUT2D eigenvalue weighted by atomic mass is 32.2. The molecule has 1 fully saturated rings. The first-order valence-electron chi connectivity index (χ1n) is 7.21. The summed E-state index contributed by atoms with van der Waals surface area (Å²) in [5.41, 5.74) is 1.22. The number of aromatic carboxylic acids is 1. The number of hydrogen-bond acceptors (Lipinski definition) is 5. The number of nitrogens with one attached hydrogen (secondary N) is 1. The average Bonchev–Trinajstić information content (AvgIpc) is 2.84. The van der Waals surface area contributed by atoms with E-state index >= 15 is 0 Å². The van der Waals surface area contributed by atoms with E-state index in [-0.39, 0.29) is 23.3 Å². The minimum absolute atomic E-state index is 0.0554. The Morgan fingerprint density at radius 2 is 1.75 bits per heavy atom. The maximum absolute atomic E-state index is 12.5. The van der Waals surface area contributed by atoms with Crippen molar-refractivity contribution in [3.63, 3.8) is 0 Å². The van der Waals surface area contributed by atoms with Gasteiger partial charge >= 0.3 is 5.97 Å². The van der Waals surface area contributed by atoms with Crippen molar-refractivity contribution in [3.8, 4) is 0 Å². The van der Waals surface area contributed by atoms with E-state index in [1.165, 1.54) is 11.0 Å². The second kappa shape index (κ2) is 6.76. The standard InChI is InChI=1S/C17H14N2O4S/c20-15-14(18-13-9-5-4-8-12(13)16(21)22)24-17(23)19(15)10-11-6-2-1-3-7-11/h1-9,14,18H,10H2,(H,21,22)/t14-/m0/s1. The third-order valence-corrected chi connectivity index (χ3v) is 4.53. The summed E-state index contributed by atoms with van der Waals surface area (Å²) in [5, 5.41) is 10.9. The van der Waals surface area contributed by atoms with Crippen LogP contribution in [0.1, 0.15) is 15.9 Å². The van der Waals surface area contributed by atoms with Gasteiger partial charge in [-0.15, -0.1) is 0 Å². The van der Waals surface area contributed by atoms with Gasteiger partial charge in [0.25, 0.3) is 11.1 Å². The van der Waals surface area contributed by atoms with Crippen molar-refractivity contribution in [2.75, 3.05) is 5.32 Å². The number of rotatable bonds is 5. The van der Waals surface area contributed by atoms with Crippen LogP contribution < -0.4 is 5.32 Å². The third-order valence-electron chi connectivity index (χ3n) is 3.56. The van der Waals surface area contributed by atoms with E-state index in [0.29, 0.717) is 5.69 Å². The van der Waals surface area contributed by atoms with Gasteiger partial charge in [0.2, 0.25) is 0 Å². The molecule has 3 rings (SSSR count). The summed E-state index contributed by atoms with van der Waals surface area (Å²) in [6.07, 6.45) is 0. The lowest BCUT2D eigenvalue weighted by Gasteiger charge is -2.15. The van der Waals surface area contributed by atoms with Gasteiger partial charge in [0.1, 0.15) is 0 Å². The van der Waals surface area contributed by atoms with E-state index < -0.39 is 11.3 Å². The molecule has 1 atom stereocenters. The Balaban J connectivity index is 1.76. The summed E-state index contributed by atoms with van der Waals surface area (Å²) in [5.74, 6) is -1.48. The normalized spacial score (nSPS) is 17.2. The van der Waals surface area contributed by atoms with E-state index in [0.717, 1.165) is 17.3 Å². The number of carboxylic acids is 1. The quantitative estimate of drug-likeness (QED) is 0.868. The maximum atomic E-state index is 12.5. The van der Waals surface area contributed by atoms with Crippen molar-refractivity contribution in [2.24, 2.45) is 0 Å². The van der Waals surface area contributed by atoms with Gasteiger partial charge in [-0.3, -0.25) is 14.5 Å². The zero-order valence-corrected chi connectivity index (χ0v) is 13.3. The van der Waals surface area contributed by atoms with E-state index in [2.05, 4.69) is 5.32 Å². The number of benzene rings is 2. The smallest absolute Gasteiger partial charge is 0.337 e. The van der Waals surface area contributed by atoms with Gasteiger partial charge in [-0.25, -0.2) is 4.79 Å². The highest BCUT2D eigenvalue weighted by molar-refractivity contribution is 8.15. The van der Waals surface area contributed by atoms with Crippen LogP contribution in [0, 0.1) is 0 Å². The van der Waals surface area contributed by atoms with Crippen LogP contribution in [0.3, 0.4) is 0 Å². The molecule has 7 heteroatoms. The van der Waals surface area contributed by atoms with Crippen LogP contribution >= 0.6 is 11.8 Å². The van der Waals surface area contributed by atoms with Crippen molar-refractivity contribution in [2.45, 2.75) is 11.9 Å². The number of hydrogen-bond donors (Lipinski definition) is 2. The summed E-state index contributed by atoms with van der Waals surface area (Å²) in [6, 6.07) is 15.5. The Kier molecular flexibility index (Phi) is 4.52. The lowest BCUT2D eigenvalue weighted by Crippen LogP contribution is -2.34. The molecule has 2 aromatic carbocycles. The predicted molar refractivity (Wildman–Crippen MR) is 90.8 cm³/mol. The predicted octanol–water partition coefficient (Wildman–Crippen LogP) is 3.02. The van der Waals surface area contributed by atoms with Gasteiger partial charge in [0, 0.05) is 5.69 Å². The molecule has 0 radical (unpaired) electrons. The molecule has 0 spiro atoms. The number of carboxylic acid groups (broad SMARTS) is 1. The number of nitrogens with zero attached hydrogens (tertiary/aromatic N) is 1. The topological polar surface area (TPSA) is 86.7 Å². The van der Waals surface area contributed by atoms with Crippen molar-refractivity contribution in [3.05, 3.63) is 65.7 Å². The Labute approximate surface area is 142 Å². The van der Waals surface area contributed by atoms with E-state index in [9.17, 15) is 19.5 Å². The molecule has 0 aromatic heterocycles. The molecule has 122 valence electrons. The largest absolute Gasteiger partial charge is 0.478 e. The summed E-state index contributed by atoms with van der Waals surface area (Å²) in [4.78, 5) is 37.0. The van der Waals surface area contributed by atoms with E-state index in [4.69, 9.17) is 0 Å². The number of imide groups is 1. The molecule has 2 amide bonds. The third kappa shape index (κ3) is 3.26. The van der Waals surface area contributed by atoms with Gasteiger partial charge in [0.15, 0.2) is 5.37 Å². The van der Waals surface area contributed by atoms with Crippen LogP contribution in [0.25, 0.3) is 0 Å². The zero-order chi connectivity index (χ0) is 17.1. The van der Waals surface area contributed by atoms with Gasteiger partial charge in [0.05, 0.1) is 12.1 Å². The van der Waals surface area contributed by atoms with Gasteiger partial charge < -0.3 is 10.4 Å². The van der Waals surface area contributed by atoms with Gasteiger partial charge in [-0.05, 0) is 29.5 Å². The fourth-order valence-corrected chi connectivity index (χ4v) is 3.28.